The maximum atomic E-state index is 11.5. The Morgan fingerprint density at radius 2 is 2.18 bits per heavy atom. The van der Waals surface area contributed by atoms with Gasteiger partial charge >= 0.3 is 12.0 Å². The normalized spacial score (nSPS) is 13.8. The molecule has 2 amide bonds. The predicted octanol–water partition coefficient (Wildman–Crippen LogP) is 1.83. The minimum atomic E-state index is -0.920. The van der Waals surface area contributed by atoms with Crippen LogP contribution in [0.3, 0.4) is 0 Å². The molecule has 0 saturated heterocycles. The molecule has 0 radical (unpaired) electrons. The molecule has 6 heteroatoms. The van der Waals surface area contributed by atoms with Crippen molar-refractivity contribution in [2.45, 2.75) is 19.9 Å². The molecular formula is C11H16N2O3S. The molecule has 3 N–H and O–H groups in total. The van der Waals surface area contributed by atoms with Gasteiger partial charge in [-0.1, -0.05) is 6.92 Å². The minimum absolute atomic E-state index is 0.0821. The maximum Gasteiger partial charge on any atom is 0.315 e. The van der Waals surface area contributed by atoms with E-state index in [9.17, 15) is 9.59 Å². The molecule has 0 fully saturated rings. The minimum Gasteiger partial charge on any atom is -0.481 e. The largest absolute Gasteiger partial charge is 0.481 e. The molecule has 0 aliphatic heterocycles. The number of carbonyl (C=O) groups excluding carboxylic acids is 1. The zero-order valence-electron chi connectivity index (χ0n) is 9.77. The van der Waals surface area contributed by atoms with Gasteiger partial charge in [-0.15, -0.1) is 0 Å². The van der Waals surface area contributed by atoms with Crippen LogP contribution in [0.5, 0.6) is 0 Å². The summed E-state index contributed by atoms with van der Waals surface area (Å²) in [5.74, 6) is -1.51. The topological polar surface area (TPSA) is 78.4 Å². The van der Waals surface area contributed by atoms with E-state index in [1.54, 1.807) is 18.3 Å². The van der Waals surface area contributed by atoms with Crippen LogP contribution >= 0.6 is 11.3 Å². The lowest BCUT2D eigenvalue weighted by Gasteiger charge is -2.14. The van der Waals surface area contributed by atoms with E-state index in [1.807, 2.05) is 23.8 Å². The number of carboxylic acid groups (broad SMARTS) is 1. The predicted molar refractivity (Wildman–Crippen MR) is 66.1 cm³/mol. The highest BCUT2D eigenvalue weighted by Crippen LogP contribution is 2.15. The monoisotopic (exact) mass is 256 g/mol. The van der Waals surface area contributed by atoms with Crippen molar-refractivity contribution in [3.05, 3.63) is 22.4 Å². The van der Waals surface area contributed by atoms with Crippen LogP contribution in [0.1, 0.15) is 25.5 Å². The lowest BCUT2D eigenvalue weighted by molar-refractivity contribution is -0.140. The molecule has 5 nitrogen and oxygen atoms in total. The average molecular weight is 256 g/mol. The van der Waals surface area contributed by atoms with Crippen LogP contribution in [-0.2, 0) is 4.79 Å². The van der Waals surface area contributed by atoms with Gasteiger partial charge in [0.25, 0.3) is 0 Å². The van der Waals surface area contributed by atoms with E-state index in [-0.39, 0.29) is 18.6 Å². The number of amides is 2. The second-order valence-electron chi connectivity index (χ2n) is 3.87. The first-order valence-corrected chi connectivity index (χ1v) is 6.24. The van der Waals surface area contributed by atoms with Crippen LogP contribution in [0.15, 0.2) is 16.8 Å². The Bertz CT molecular complexity index is 378. The van der Waals surface area contributed by atoms with Gasteiger partial charge in [0.2, 0.25) is 0 Å². The SMILES string of the molecule is CC(CNC(=O)NC(C)c1ccsc1)C(=O)O. The highest BCUT2D eigenvalue weighted by Gasteiger charge is 2.13. The van der Waals surface area contributed by atoms with E-state index in [2.05, 4.69) is 10.6 Å². The van der Waals surface area contributed by atoms with E-state index in [1.165, 1.54) is 0 Å². The highest BCUT2D eigenvalue weighted by molar-refractivity contribution is 7.07. The fourth-order valence-electron chi connectivity index (χ4n) is 1.19. The Hall–Kier alpha value is -1.56. The molecule has 0 aliphatic rings. The van der Waals surface area contributed by atoms with Crippen molar-refractivity contribution in [1.29, 1.82) is 0 Å². The molecule has 1 heterocycles. The zero-order valence-corrected chi connectivity index (χ0v) is 10.6. The molecule has 1 rings (SSSR count). The molecule has 0 aromatic carbocycles. The number of nitrogens with one attached hydrogen (secondary N) is 2. The third kappa shape index (κ3) is 4.44. The molecule has 0 saturated carbocycles. The van der Waals surface area contributed by atoms with Crippen molar-refractivity contribution in [3.8, 4) is 0 Å². The van der Waals surface area contributed by atoms with Crippen molar-refractivity contribution in [3.63, 3.8) is 0 Å². The smallest absolute Gasteiger partial charge is 0.315 e. The molecule has 2 unspecified atom stereocenters. The summed E-state index contributed by atoms with van der Waals surface area (Å²) in [6.07, 6.45) is 0. The summed E-state index contributed by atoms with van der Waals surface area (Å²) < 4.78 is 0. The standard InChI is InChI=1S/C11H16N2O3S/c1-7(10(14)15)5-12-11(16)13-8(2)9-3-4-17-6-9/h3-4,6-8H,5H2,1-2H3,(H,14,15)(H2,12,13,16). The lowest BCUT2D eigenvalue weighted by atomic mass is 10.2. The molecule has 0 bridgehead atoms. The van der Waals surface area contributed by atoms with Crippen molar-refractivity contribution in [2.75, 3.05) is 6.54 Å². The highest BCUT2D eigenvalue weighted by atomic mass is 32.1. The zero-order chi connectivity index (χ0) is 12.8. The third-order valence-corrected chi connectivity index (χ3v) is 3.08. The quantitative estimate of drug-likeness (QED) is 0.752. The number of carbonyl (C=O) groups is 2. The van der Waals surface area contributed by atoms with Crippen molar-refractivity contribution < 1.29 is 14.7 Å². The molecule has 0 aliphatic carbocycles. The Labute approximate surface area is 104 Å². The van der Waals surface area contributed by atoms with Crippen LogP contribution in [-0.4, -0.2) is 23.7 Å². The summed E-state index contributed by atoms with van der Waals surface area (Å²) in [7, 11) is 0. The second kappa shape index (κ2) is 6.24. The Morgan fingerprint density at radius 3 is 2.71 bits per heavy atom. The van der Waals surface area contributed by atoms with Gasteiger partial charge in [0.15, 0.2) is 0 Å². The van der Waals surface area contributed by atoms with Gasteiger partial charge in [0.05, 0.1) is 12.0 Å². The molecule has 1 aromatic rings. The molecule has 0 spiro atoms. The van der Waals surface area contributed by atoms with Gasteiger partial charge in [-0.05, 0) is 29.3 Å². The first-order chi connectivity index (χ1) is 8.00. The summed E-state index contributed by atoms with van der Waals surface area (Å²) in [5.41, 5.74) is 1.04. The number of rotatable bonds is 5. The Morgan fingerprint density at radius 1 is 1.47 bits per heavy atom. The van der Waals surface area contributed by atoms with Crippen LogP contribution in [0.25, 0.3) is 0 Å². The van der Waals surface area contributed by atoms with Crippen molar-refractivity contribution >= 4 is 23.3 Å². The van der Waals surface area contributed by atoms with Crippen molar-refractivity contribution in [2.24, 2.45) is 5.92 Å². The summed E-state index contributed by atoms with van der Waals surface area (Å²) in [6, 6.07) is 1.51. The number of carboxylic acids is 1. The van der Waals surface area contributed by atoms with Crippen LogP contribution in [0, 0.1) is 5.92 Å². The molecule has 2 atom stereocenters. The van der Waals surface area contributed by atoms with E-state index < -0.39 is 11.9 Å². The first-order valence-electron chi connectivity index (χ1n) is 5.30. The van der Waals surface area contributed by atoms with Crippen LogP contribution in [0.4, 0.5) is 4.79 Å². The number of hydrogen-bond donors (Lipinski definition) is 3. The van der Waals surface area contributed by atoms with Gasteiger partial charge in [-0.3, -0.25) is 4.79 Å². The number of thiophene rings is 1. The average Bonchev–Trinajstić information content (AvgIpc) is 2.78. The lowest BCUT2D eigenvalue weighted by Crippen LogP contribution is -2.40. The van der Waals surface area contributed by atoms with E-state index >= 15 is 0 Å². The molecule has 1 aromatic heterocycles. The van der Waals surface area contributed by atoms with E-state index in [0.717, 1.165) is 5.56 Å². The van der Waals surface area contributed by atoms with Gasteiger partial charge in [0.1, 0.15) is 0 Å². The fraction of sp³-hybridized carbons (Fsp3) is 0.455. The van der Waals surface area contributed by atoms with Crippen LogP contribution < -0.4 is 10.6 Å². The second-order valence-corrected chi connectivity index (χ2v) is 4.65. The summed E-state index contributed by atoms with van der Waals surface area (Å²) in [4.78, 5) is 22.0. The number of hydrogen-bond acceptors (Lipinski definition) is 3. The summed E-state index contributed by atoms with van der Waals surface area (Å²) >= 11 is 1.57. The van der Waals surface area contributed by atoms with Gasteiger partial charge in [-0.2, -0.15) is 11.3 Å². The Kier molecular flexibility index (Phi) is 4.96. The van der Waals surface area contributed by atoms with Gasteiger partial charge in [-0.25, -0.2) is 4.79 Å². The fourth-order valence-corrected chi connectivity index (χ4v) is 1.94. The number of urea groups is 1. The maximum absolute atomic E-state index is 11.5. The van der Waals surface area contributed by atoms with Crippen molar-refractivity contribution in [1.82, 2.24) is 10.6 Å². The number of aliphatic carboxylic acids is 1. The summed E-state index contributed by atoms with van der Waals surface area (Å²) in [6.45, 7) is 3.55. The third-order valence-electron chi connectivity index (χ3n) is 2.38. The Balaban J connectivity index is 2.32. The van der Waals surface area contributed by atoms with E-state index in [0.29, 0.717) is 0 Å². The first kappa shape index (κ1) is 13.5. The molecule has 94 valence electrons. The van der Waals surface area contributed by atoms with Gasteiger partial charge in [0, 0.05) is 6.54 Å². The van der Waals surface area contributed by atoms with Crippen LogP contribution in [0.2, 0.25) is 0 Å². The molecule has 17 heavy (non-hydrogen) atoms. The van der Waals surface area contributed by atoms with Gasteiger partial charge < -0.3 is 15.7 Å². The van der Waals surface area contributed by atoms with E-state index in [4.69, 9.17) is 5.11 Å². The molecular weight excluding hydrogens is 240 g/mol. The summed E-state index contributed by atoms with van der Waals surface area (Å²) in [5, 5.41) is 17.8.